The number of nitrogens with zero attached hydrogens (tertiary/aromatic N) is 5. The molecule has 1 atom stereocenters. The van der Waals surface area contributed by atoms with Gasteiger partial charge in [-0.15, -0.1) is 0 Å². The molecule has 2 aliphatic heterocycles. The molecule has 142 valence electrons. The summed E-state index contributed by atoms with van der Waals surface area (Å²) in [7, 11) is 2.13. The lowest BCUT2D eigenvalue weighted by Crippen LogP contribution is -2.48. The van der Waals surface area contributed by atoms with Gasteiger partial charge >= 0.3 is 6.01 Å². The van der Waals surface area contributed by atoms with E-state index < -0.39 is 0 Å². The number of ether oxygens (including phenoxy) is 1. The van der Waals surface area contributed by atoms with Crippen LogP contribution in [0.25, 0.3) is 0 Å². The maximum absolute atomic E-state index is 11.8. The lowest BCUT2D eigenvalue weighted by molar-refractivity contribution is -0.126. The fourth-order valence-electron chi connectivity index (χ4n) is 3.46. The van der Waals surface area contributed by atoms with E-state index in [1.165, 1.54) is 12.5 Å². The molecule has 0 aliphatic carbocycles. The van der Waals surface area contributed by atoms with Gasteiger partial charge < -0.3 is 19.4 Å². The second-order valence-electron chi connectivity index (χ2n) is 6.85. The normalized spacial score (nSPS) is 21.1. The van der Waals surface area contributed by atoms with Crippen LogP contribution in [-0.4, -0.2) is 78.1 Å². The average molecular weight is 424 g/mol. The van der Waals surface area contributed by atoms with Crippen molar-refractivity contribution in [1.29, 1.82) is 0 Å². The number of likely N-dealkylation sites (N-methyl/N-ethyl adjacent to an activating group) is 1. The number of hydrogen-bond acceptors (Lipinski definition) is 6. The van der Waals surface area contributed by atoms with Crippen LogP contribution in [0.3, 0.4) is 0 Å². The number of carbonyl (C=O) groups is 1. The van der Waals surface area contributed by atoms with Crippen LogP contribution in [0.5, 0.6) is 6.01 Å². The molecule has 0 spiro atoms. The van der Waals surface area contributed by atoms with Crippen LogP contribution in [0, 0.1) is 6.92 Å². The topological polar surface area (TPSA) is 61.8 Å². The molecule has 3 rings (SSSR count). The number of hydrogen-bond donors (Lipinski definition) is 0. The summed E-state index contributed by atoms with van der Waals surface area (Å²) in [5.41, 5.74) is 0.985. The molecule has 8 heteroatoms. The maximum Gasteiger partial charge on any atom is 0.319 e. The van der Waals surface area contributed by atoms with Crippen molar-refractivity contribution in [3.8, 4) is 6.01 Å². The lowest BCUT2D eigenvalue weighted by atomic mass is 10.2. The van der Waals surface area contributed by atoms with E-state index in [0.717, 1.165) is 42.0 Å². The molecule has 1 unspecified atom stereocenters. The van der Waals surface area contributed by atoms with Crippen molar-refractivity contribution in [3.63, 3.8) is 0 Å². The Morgan fingerprint density at radius 3 is 2.65 bits per heavy atom. The molecule has 0 aromatic carbocycles. The van der Waals surface area contributed by atoms with Crippen molar-refractivity contribution in [1.82, 2.24) is 19.8 Å². The molecule has 7 nitrogen and oxygen atoms in total. The van der Waals surface area contributed by atoms with Gasteiger partial charge in [-0.05, 0) is 55.4 Å². The Labute approximate surface area is 163 Å². The molecule has 0 radical (unpaired) electrons. The summed E-state index contributed by atoms with van der Waals surface area (Å²) in [5.74, 6) is 0.849. The highest BCUT2D eigenvalue weighted by atomic mass is 79.9. The first-order chi connectivity index (χ1) is 12.5. The minimum atomic E-state index is -0.0186. The van der Waals surface area contributed by atoms with Crippen LogP contribution >= 0.6 is 15.9 Å². The summed E-state index contributed by atoms with van der Waals surface area (Å²) in [4.78, 5) is 27.2. The summed E-state index contributed by atoms with van der Waals surface area (Å²) in [5, 5.41) is 0. The van der Waals surface area contributed by atoms with Crippen molar-refractivity contribution in [2.45, 2.75) is 25.8 Å². The molecule has 26 heavy (non-hydrogen) atoms. The number of aromatic nitrogens is 2. The molecule has 0 N–H and O–H groups in total. The van der Waals surface area contributed by atoms with E-state index in [1.807, 2.05) is 11.8 Å². The first kappa shape index (κ1) is 19.1. The second-order valence-corrected chi connectivity index (χ2v) is 7.60. The fraction of sp³-hybridized carbons (Fsp3) is 0.611. The Hall–Kier alpha value is -1.67. The Kier molecular flexibility index (Phi) is 6.13. The third kappa shape index (κ3) is 4.17. The first-order valence-electron chi connectivity index (χ1n) is 9.03. The van der Waals surface area contributed by atoms with Crippen LogP contribution in [-0.2, 0) is 4.79 Å². The molecule has 1 aromatic rings. The van der Waals surface area contributed by atoms with Crippen LogP contribution in [0.1, 0.15) is 18.4 Å². The molecule has 3 heterocycles. The molecule has 2 fully saturated rings. The molecule has 2 saturated heterocycles. The lowest BCUT2D eigenvalue weighted by Gasteiger charge is -2.35. The number of amides is 1. The highest BCUT2D eigenvalue weighted by molar-refractivity contribution is 9.10. The largest absolute Gasteiger partial charge is 0.462 e. The fourth-order valence-corrected chi connectivity index (χ4v) is 3.79. The van der Waals surface area contributed by atoms with Crippen molar-refractivity contribution in [2.24, 2.45) is 0 Å². The average Bonchev–Trinajstić information content (AvgIpc) is 3.07. The van der Waals surface area contributed by atoms with Gasteiger partial charge in [0.25, 0.3) is 0 Å². The zero-order valence-corrected chi connectivity index (χ0v) is 17.0. The molecular formula is C18H26BrN5O2. The maximum atomic E-state index is 11.8. The van der Waals surface area contributed by atoms with Crippen LogP contribution in [0.4, 0.5) is 5.82 Å². The Morgan fingerprint density at radius 2 is 2.04 bits per heavy atom. The van der Waals surface area contributed by atoms with Crippen molar-refractivity contribution < 1.29 is 9.53 Å². The first-order valence-corrected chi connectivity index (χ1v) is 9.82. The van der Waals surface area contributed by atoms with E-state index in [0.29, 0.717) is 31.7 Å². The standard InChI is InChI=1S/C18H26BrN5O2/c1-4-15(25)23-8-10-24(11-9-23)17-13(2)16(19)20-18(21-17)26-12-14-6-5-7-22(14)3/h4,14H,1,5-12H2,2-3H3. The van der Waals surface area contributed by atoms with Gasteiger partial charge in [-0.2, -0.15) is 9.97 Å². The van der Waals surface area contributed by atoms with Crippen molar-refractivity contribution in [2.75, 3.05) is 51.3 Å². The highest BCUT2D eigenvalue weighted by Crippen LogP contribution is 2.27. The van der Waals surface area contributed by atoms with E-state index >= 15 is 0 Å². The predicted molar refractivity (Wildman–Crippen MR) is 105 cm³/mol. The monoisotopic (exact) mass is 423 g/mol. The summed E-state index contributed by atoms with van der Waals surface area (Å²) >= 11 is 3.53. The number of piperazine rings is 1. The summed E-state index contributed by atoms with van der Waals surface area (Å²) in [6.45, 7) is 10.1. The van der Waals surface area contributed by atoms with E-state index in [2.05, 4.69) is 49.3 Å². The van der Waals surface area contributed by atoms with Gasteiger partial charge in [0, 0.05) is 37.8 Å². The molecule has 1 amide bonds. The Morgan fingerprint density at radius 1 is 1.31 bits per heavy atom. The minimum Gasteiger partial charge on any atom is -0.462 e. The smallest absolute Gasteiger partial charge is 0.319 e. The minimum absolute atomic E-state index is 0.0186. The van der Waals surface area contributed by atoms with E-state index in [1.54, 1.807) is 0 Å². The third-order valence-corrected chi connectivity index (χ3v) is 5.95. The predicted octanol–water partition coefficient (Wildman–Crippen LogP) is 1.86. The molecule has 0 bridgehead atoms. The van der Waals surface area contributed by atoms with Crippen LogP contribution < -0.4 is 9.64 Å². The molecular weight excluding hydrogens is 398 g/mol. The van der Waals surface area contributed by atoms with Gasteiger partial charge in [-0.1, -0.05) is 6.58 Å². The third-order valence-electron chi connectivity index (χ3n) is 5.18. The van der Waals surface area contributed by atoms with E-state index in [4.69, 9.17) is 4.74 Å². The number of rotatable bonds is 5. The number of anilines is 1. The molecule has 1 aromatic heterocycles. The van der Waals surface area contributed by atoms with Crippen molar-refractivity contribution in [3.05, 3.63) is 22.8 Å². The summed E-state index contributed by atoms with van der Waals surface area (Å²) in [6, 6.07) is 0.831. The highest BCUT2D eigenvalue weighted by Gasteiger charge is 2.25. The zero-order chi connectivity index (χ0) is 18.7. The molecule has 0 saturated carbocycles. The number of likely N-dealkylation sites (tertiary alicyclic amines) is 1. The van der Waals surface area contributed by atoms with E-state index in [9.17, 15) is 4.79 Å². The van der Waals surface area contributed by atoms with Gasteiger partial charge in [0.05, 0.1) is 0 Å². The van der Waals surface area contributed by atoms with Gasteiger partial charge in [0.15, 0.2) is 0 Å². The summed E-state index contributed by atoms with van der Waals surface area (Å²) in [6.07, 6.45) is 3.73. The number of carbonyl (C=O) groups excluding carboxylic acids is 1. The quantitative estimate of drug-likeness (QED) is 0.531. The van der Waals surface area contributed by atoms with Crippen molar-refractivity contribution >= 4 is 27.7 Å². The van der Waals surface area contributed by atoms with Crippen LogP contribution in [0.15, 0.2) is 17.3 Å². The van der Waals surface area contributed by atoms with E-state index in [-0.39, 0.29) is 5.91 Å². The zero-order valence-electron chi connectivity index (χ0n) is 15.4. The Bertz CT molecular complexity index is 676. The van der Waals surface area contributed by atoms with Gasteiger partial charge in [0.2, 0.25) is 5.91 Å². The van der Waals surface area contributed by atoms with Gasteiger partial charge in [0.1, 0.15) is 17.0 Å². The van der Waals surface area contributed by atoms with Gasteiger partial charge in [-0.25, -0.2) is 0 Å². The summed E-state index contributed by atoms with van der Waals surface area (Å²) < 4.78 is 6.66. The SMILES string of the molecule is C=CC(=O)N1CCN(c2nc(OCC3CCCN3C)nc(Br)c2C)CC1. The molecule has 2 aliphatic rings. The number of halogens is 1. The Balaban J connectivity index is 1.68. The second kappa shape index (κ2) is 8.35. The van der Waals surface area contributed by atoms with Crippen LogP contribution in [0.2, 0.25) is 0 Å². The van der Waals surface area contributed by atoms with Gasteiger partial charge in [-0.3, -0.25) is 4.79 Å².